The van der Waals surface area contributed by atoms with E-state index in [1.165, 1.54) is 4.68 Å². The number of hydrogen-bond acceptors (Lipinski definition) is 2. The Morgan fingerprint density at radius 1 is 1.70 bits per heavy atom. The van der Waals surface area contributed by atoms with Crippen molar-refractivity contribution >= 4 is 5.91 Å². The van der Waals surface area contributed by atoms with E-state index in [4.69, 9.17) is 0 Å². The molecule has 1 radical (unpaired) electrons. The maximum Gasteiger partial charge on any atom is 0.249 e. The molecule has 10 heavy (non-hydrogen) atoms. The standard InChI is InChI=1S/C7H7N2O/c10-7(6-2-3-6)9-5-1-4-8-9/h1,5-6H,2-3H2. The van der Waals surface area contributed by atoms with Crippen LogP contribution in [-0.2, 0) is 0 Å². The number of rotatable bonds is 1. The van der Waals surface area contributed by atoms with Crippen LogP contribution in [0.1, 0.15) is 17.6 Å². The lowest BCUT2D eigenvalue weighted by Gasteiger charge is -1.93. The fourth-order valence-corrected chi connectivity index (χ4v) is 0.873. The van der Waals surface area contributed by atoms with Crippen molar-refractivity contribution in [3.63, 3.8) is 0 Å². The first-order chi connectivity index (χ1) is 4.88. The zero-order valence-electron chi connectivity index (χ0n) is 5.45. The smallest absolute Gasteiger partial charge is 0.249 e. The SMILES string of the molecule is O=C(C1CC1)n1cc[c]n1. The van der Waals surface area contributed by atoms with E-state index in [0.29, 0.717) is 0 Å². The molecular weight excluding hydrogens is 128 g/mol. The maximum atomic E-state index is 11.1. The minimum atomic E-state index is 0.112. The van der Waals surface area contributed by atoms with Gasteiger partial charge in [0.05, 0.1) is 0 Å². The Bertz CT molecular complexity index is 236. The van der Waals surface area contributed by atoms with Gasteiger partial charge in [-0.25, -0.2) is 4.68 Å². The van der Waals surface area contributed by atoms with Gasteiger partial charge in [-0.1, -0.05) is 0 Å². The first-order valence-corrected chi connectivity index (χ1v) is 3.34. The predicted molar refractivity (Wildman–Crippen MR) is 34.4 cm³/mol. The van der Waals surface area contributed by atoms with Gasteiger partial charge in [0, 0.05) is 12.1 Å². The van der Waals surface area contributed by atoms with Crippen molar-refractivity contribution in [1.29, 1.82) is 0 Å². The molecule has 51 valence electrons. The van der Waals surface area contributed by atoms with Gasteiger partial charge in [-0.2, -0.15) is 5.10 Å². The van der Waals surface area contributed by atoms with Gasteiger partial charge in [0.25, 0.3) is 0 Å². The van der Waals surface area contributed by atoms with Crippen molar-refractivity contribution in [2.75, 3.05) is 0 Å². The fraction of sp³-hybridized carbons (Fsp3) is 0.429. The summed E-state index contributed by atoms with van der Waals surface area (Å²) in [5.41, 5.74) is 0. The van der Waals surface area contributed by atoms with E-state index in [1.54, 1.807) is 12.3 Å². The molecule has 0 bridgehead atoms. The summed E-state index contributed by atoms with van der Waals surface area (Å²) in [6.07, 6.45) is 6.28. The lowest BCUT2D eigenvalue weighted by Crippen LogP contribution is -2.12. The van der Waals surface area contributed by atoms with E-state index in [9.17, 15) is 4.79 Å². The molecule has 0 unspecified atom stereocenters. The maximum absolute atomic E-state index is 11.1. The molecule has 0 aromatic carbocycles. The zero-order chi connectivity index (χ0) is 6.97. The number of aromatic nitrogens is 2. The Morgan fingerprint density at radius 2 is 2.50 bits per heavy atom. The van der Waals surface area contributed by atoms with Crippen LogP contribution in [0.4, 0.5) is 0 Å². The third-order valence-electron chi connectivity index (χ3n) is 1.61. The van der Waals surface area contributed by atoms with Gasteiger partial charge in [0.1, 0.15) is 6.20 Å². The first-order valence-electron chi connectivity index (χ1n) is 3.34. The molecule has 1 fully saturated rings. The summed E-state index contributed by atoms with van der Waals surface area (Å²) in [5, 5.41) is 3.72. The van der Waals surface area contributed by atoms with Gasteiger partial charge in [0.2, 0.25) is 5.91 Å². The third-order valence-corrected chi connectivity index (χ3v) is 1.61. The van der Waals surface area contributed by atoms with Crippen LogP contribution in [0.15, 0.2) is 12.3 Å². The molecule has 1 aliphatic carbocycles. The Kier molecular flexibility index (Phi) is 1.09. The molecule has 1 aliphatic rings. The Morgan fingerprint density at radius 3 is 3.00 bits per heavy atom. The second-order valence-electron chi connectivity index (χ2n) is 2.50. The van der Waals surface area contributed by atoms with Crippen LogP contribution in [0.2, 0.25) is 0 Å². The summed E-state index contributed by atoms with van der Waals surface area (Å²) >= 11 is 0. The van der Waals surface area contributed by atoms with Crippen molar-refractivity contribution in [2.24, 2.45) is 5.92 Å². The molecule has 0 aliphatic heterocycles. The molecule has 0 atom stereocenters. The quantitative estimate of drug-likeness (QED) is 0.569. The highest BCUT2D eigenvalue weighted by Gasteiger charge is 2.30. The molecule has 1 heterocycles. The molecule has 0 saturated heterocycles. The van der Waals surface area contributed by atoms with E-state index in [-0.39, 0.29) is 11.8 Å². The minimum Gasteiger partial charge on any atom is -0.272 e. The minimum absolute atomic E-state index is 0.112. The zero-order valence-corrected chi connectivity index (χ0v) is 5.45. The Hall–Kier alpha value is -1.12. The van der Waals surface area contributed by atoms with Gasteiger partial charge in [-0.3, -0.25) is 4.79 Å². The van der Waals surface area contributed by atoms with Crippen LogP contribution in [0.3, 0.4) is 0 Å². The molecule has 1 aromatic heterocycles. The predicted octanol–water partition coefficient (Wildman–Crippen LogP) is 0.733. The van der Waals surface area contributed by atoms with Crippen LogP contribution in [0.25, 0.3) is 0 Å². The second kappa shape index (κ2) is 1.94. The molecule has 2 rings (SSSR count). The summed E-state index contributed by atoms with van der Waals surface area (Å²) in [7, 11) is 0. The van der Waals surface area contributed by atoms with Crippen LogP contribution in [-0.4, -0.2) is 15.7 Å². The molecular formula is C7H7N2O. The summed E-state index contributed by atoms with van der Waals surface area (Å²) in [4.78, 5) is 11.1. The van der Waals surface area contributed by atoms with Crippen LogP contribution in [0, 0.1) is 12.1 Å². The fourth-order valence-electron chi connectivity index (χ4n) is 0.873. The van der Waals surface area contributed by atoms with Crippen LogP contribution >= 0.6 is 0 Å². The number of hydrogen-bond donors (Lipinski definition) is 0. The summed E-state index contributed by atoms with van der Waals surface area (Å²) in [5.74, 6) is 0.356. The van der Waals surface area contributed by atoms with Crippen molar-refractivity contribution in [1.82, 2.24) is 9.78 Å². The second-order valence-corrected chi connectivity index (χ2v) is 2.50. The molecule has 1 aromatic rings. The van der Waals surface area contributed by atoms with E-state index in [1.807, 2.05) is 0 Å². The highest BCUT2D eigenvalue weighted by molar-refractivity contribution is 5.82. The molecule has 0 spiro atoms. The average molecular weight is 135 g/mol. The number of carbonyl (C=O) groups excluding carboxylic acids is 1. The summed E-state index contributed by atoms with van der Waals surface area (Å²) in [6, 6.07) is 1.64. The monoisotopic (exact) mass is 135 g/mol. The molecule has 0 N–H and O–H groups in total. The highest BCUT2D eigenvalue weighted by Crippen LogP contribution is 2.30. The van der Waals surface area contributed by atoms with Crippen molar-refractivity contribution in [2.45, 2.75) is 12.8 Å². The Balaban J connectivity index is 2.19. The van der Waals surface area contributed by atoms with Gasteiger partial charge in [-0.15, -0.1) is 0 Å². The lowest BCUT2D eigenvalue weighted by atomic mass is 10.4. The summed E-state index contributed by atoms with van der Waals surface area (Å²) in [6.45, 7) is 0. The first kappa shape index (κ1) is 5.65. The highest BCUT2D eigenvalue weighted by atomic mass is 16.2. The van der Waals surface area contributed by atoms with E-state index >= 15 is 0 Å². The molecule has 0 amide bonds. The lowest BCUT2D eigenvalue weighted by molar-refractivity contribution is 0.0870. The average Bonchev–Trinajstić information content (AvgIpc) is 2.65. The number of nitrogens with zero attached hydrogens (tertiary/aromatic N) is 2. The largest absolute Gasteiger partial charge is 0.272 e. The van der Waals surface area contributed by atoms with Crippen LogP contribution in [0.5, 0.6) is 0 Å². The van der Waals surface area contributed by atoms with E-state index in [2.05, 4.69) is 11.3 Å². The van der Waals surface area contributed by atoms with Gasteiger partial charge >= 0.3 is 0 Å². The molecule has 3 nitrogen and oxygen atoms in total. The van der Waals surface area contributed by atoms with E-state index < -0.39 is 0 Å². The van der Waals surface area contributed by atoms with Crippen molar-refractivity contribution in [3.8, 4) is 0 Å². The van der Waals surface area contributed by atoms with Gasteiger partial charge < -0.3 is 0 Å². The Labute approximate surface area is 58.7 Å². The van der Waals surface area contributed by atoms with Crippen molar-refractivity contribution < 1.29 is 4.79 Å². The van der Waals surface area contributed by atoms with Gasteiger partial charge in [0.15, 0.2) is 0 Å². The van der Waals surface area contributed by atoms with Crippen LogP contribution < -0.4 is 0 Å². The number of carbonyl (C=O) groups is 1. The molecule has 3 heteroatoms. The topological polar surface area (TPSA) is 34.9 Å². The third kappa shape index (κ3) is 0.835. The van der Waals surface area contributed by atoms with Crippen molar-refractivity contribution in [3.05, 3.63) is 18.5 Å². The van der Waals surface area contributed by atoms with E-state index in [0.717, 1.165) is 12.8 Å². The summed E-state index contributed by atoms with van der Waals surface area (Å²) < 4.78 is 1.36. The van der Waals surface area contributed by atoms with Gasteiger partial charge in [-0.05, 0) is 18.9 Å². The molecule has 1 saturated carbocycles. The normalized spacial score (nSPS) is 17.2.